The number of aromatic nitrogens is 1. The third kappa shape index (κ3) is 3.04. The predicted octanol–water partition coefficient (Wildman–Crippen LogP) is 2.47. The number of hydrogen-bond acceptors (Lipinski definition) is 3. The van der Waals surface area contributed by atoms with Crippen LogP contribution in [0.1, 0.15) is 6.92 Å². The van der Waals surface area contributed by atoms with Gasteiger partial charge in [-0.2, -0.15) is 0 Å². The van der Waals surface area contributed by atoms with Crippen molar-refractivity contribution in [3.8, 4) is 16.9 Å². The summed E-state index contributed by atoms with van der Waals surface area (Å²) in [5.74, 6) is 0.848. The summed E-state index contributed by atoms with van der Waals surface area (Å²) in [5.41, 5.74) is 7.81. The number of benzene rings is 1. The van der Waals surface area contributed by atoms with Gasteiger partial charge in [0, 0.05) is 18.9 Å². The van der Waals surface area contributed by atoms with Gasteiger partial charge in [-0.15, -0.1) is 0 Å². The molecule has 0 amide bonds. The van der Waals surface area contributed by atoms with Crippen LogP contribution in [0.5, 0.6) is 5.75 Å². The first-order valence-electron chi connectivity index (χ1n) is 5.67. The zero-order chi connectivity index (χ0) is 12.1. The number of nitrogens with two attached hydrogens (primary N) is 1. The topological polar surface area (TPSA) is 48.1 Å². The van der Waals surface area contributed by atoms with Crippen molar-refractivity contribution in [2.45, 2.75) is 13.0 Å². The normalized spacial score (nSPS) is 12.1. The molecule has 17 heavy (non-hydrogen) atoms. The lowest BCUT2D eigenvalue weighted by atomic mass is 10.1. The molecule has 0 aliphatic heterocycles. The molecule has 3 heteroatoms. The maximum absolute atomic E-state index is 5.62. The molecule has 2 N–H and O–H groups in total. The molecule has 0 saturated heterocycles. The van der Waals surface area contributed by atoms with Crippen LogP contribution in [0, 0.1) is 0 Å². The Morgan fingerprint density at radius 2 is 1.65 bits per heavy atom. The zero-order valence-corrected chi connectivity index (χ0v) is 9.84. The van der Waals surface area contributed by atoms with Crippen LogP contribution in [0.4, 0.5) is 0 Å². The van der Waals surface area contributed by atoms with Gasteiger partial charge in [-0.1, -0.05) is 12.1 Å². The minimum atomic E-state index is 0.0433. The summed E-state index contributed by atoms with van der Waals surface area (Å²) in [6.07, 6.45) is 3.62. The molecule has 0 aliphatic carbocycles. The van der Waals surface area contributed by atoms with E-state index in [-0.39, 0.29) is 6.10 Å². The van der Waals surface area contributed by atoms with Crippen LogP contribution in [-0.2, 0) is 0 Å². The number of pyridine rings is 1. The van der Waals surface area contributed by atoms with Gasteiger partial charge in [0.05, 0.1) is 0 Å². The van der Waals surface area contributed by atoms with Crippen molar-refractivity contribution in [2.75, 3.05) is 6.54 Å². The predicted molar refractivity (Wildman–Crippen MR) is 68.8 cm³/mol. The molecule has 0 bridgehead atoms. The van der Waals surface area contributed by atoms with Crippen LogP contribution in [0.3, 0.4) is 0 Å². The van der Waals surface area contributed by atoms with Gasteiger partial charge in [0.25, 0.3) is 0 Å². The second-order valence-corrected chi connectivity index (χ2v) is 3.92. The van der Waals surface area contributed by atoms with E-state index in [1.54, 1.807) is 12.4 Å². The fourth-order valence-corrected chi connectivity index (χ4v) is 1.55. The lowest BCUT2D eigenvalue weighted by Crippen LogP contribution is -2.22. The van der Waals surface area contributed by atoms with Crippen LogP contribution in [0.25, 0.3) is 11.1 Å². The van der Waals surface area contributed by atoms with Gasteiger partial charge in [0.2, 0.25) is 0 Å². The Labute approximate surface area is 101 Å². The Kier molecular flexibility index (Phi) is 3.73. The largest absolute Gasteiger partial charge is 0.489 e. The molecular weight excluding hydrogens is 212 g/mol. The fourth-order valence-electron chi connectivity index (χ4n) is 1.55. The van der Waals surface area contributed by atoms with E-state index < -0.39 is 0 Å². The molecule has 1 atom stereocenters. The Hall–Kier alpha value is -1.87. The third-order valence-electron chi connectivity index (χ3n) is 2.54. The smallest absolute Gasteiger partial charge is 0.119 e. The number of rotatable bonds is 4. The summed E-state index contributed by atoms with van der Waals surface area (Å²) in [6, 6.07) is 12.0. The molecular formula is C14H16N2O. The van der Waals surface area contributed by atoms with E-state index in [9.17, 15) is 0 Å². The Morgan fingerprint density at radius 3 is 2.24 bits per heavy atom. The molecule has 0 radical (unpaired) electrons. The van der Waals surface area contributed by atoms with Crippen molar-refractivity contribution >= 4 is 0 Å². The lowest BCUT2D eigenvalue weighted by molar-refractivity contribution is 0.230. The molecule has 2 aromatic rings. The summed E-state index contributed by atoms with van der Waals surface area (Å²) in [6.45, 7) is 2.48. The van der Waals surface area contributed by atoms with Crippen molar-refractivity contribution in [2.24, 2.45) is 5.73 Å². The van der Waals surface area contributed by atoms with E-state index >= 15 is 0 Å². The van der Waals surface area contributed by atoms with Gasteiger partial charge in [-0.3, -0.25) is 4.98 Å². The first-order chi connectivity index (χ1) is 8.29. The quantitative estimate of drug-likeness (QED) is 0.874. The number of nitrogens with zero attached hydrogens (tertiary/aromatic N) is 1. The van der Waals surface area contributed by atoms with Crippen LogP contribution >= 0.6 is 0 Å². The van der Waals surface area contributed by atoms with Gasteiger partial charge in [0.1, 0.15) is 11.9 Å². The van der Waals surface area contributed by atoms with Gasteiger partial charge < -0.3 is 10.5 Å². The molecule has 0 fully saturated rings. The Morgan fingerprint density at radius 1 is 1.06 bits per heavy atom. The molecule has 2 rings (SSSR count). The van der Waals surface area contributed by atoms with Crippen molar-refractivity contribution in [3.05, 3.63) is 48.8 Å². The Balaban J connectivity index is 2.13. The standard InChI is InChI=1S/C14H16N2O/c1-11(10-15)17-14-4-2-12(3-5-14)13-6-8-16-9-7-13/h2-9,11H,10,15H2,1H3. The van der Waals surface area contributed by atoms with Crippen LogP contribution < -0.4 is 10.5 Å². The van der Waals surface area contributed by atoms with Gasteiger partial charge >= 0.3 is 0 Å². The second-order valence-electron chi connectivity index (χ2n) is 3.92. The van der Waals surface area contributed by atoms with Crippen molar-refractivity contribution in [1.29, 1.82) is 0 Å². The highest BCUT2D eigenvalue weighted by Crippen LogP contribution is 2.22. The Bertz CT molecular complexity index is 453. The second kappa shape index (κ2) is 5.46. The molecule has 88 valence electrons. The number of hydrogen-bond donors (Lipinski definition) is 1. The molecule has 1 unspecified atom stereocenters. The maximum Gasteiger partial charge on any atom is 0.119 e. The van der Waals surface area contributed by atoms with E-state index in [4.69, 9.17) is 10.5 Å². The molecule has 0 aliphatic rings. The third-order valence-corrected chi connectivity index (χ3v) is 2.54. The molecule has 0 spiro atoms. The average molecular weight is 228 g/mol. The average Bonchev–Trinajstić information content (AvgIpc) is 2.40. The lowest BCUT2D eigenvalue weighted by Gasteiger charge is -2.12. The van der Waals surface area contributed by atoms with Crippen LogP contribution in [-0.4, -0.2) is 17.6 Å². The SMILES string of the molecule is CC(CN)Oc1ccc(-c2ccncc2)cc1. The first kappa shape index (κ1) is 11.6. The van der Waals surface area contributed by atoms with Gasteiger partial charge in [-0.05, 0) is 42.3 Å². The zero-order valence-electron chi connectivity index (χ0n) is 9.84. The summed E-state index contributed by atoms with van der Waals surface area (Å²) in [5, 5.41) is 0. The molecule has 1 aromatic heterocycles. The van der Waals surface area contributed by atoms with Crippen molar-refractivity contribution in [3.63, 3.8) is 0 Å². The van der Waals surface area contributed by atoms with E-state index in [1.165, 1.54) is 0 Å². The summed E-state index contributed by atoms with van der Waals surface area (Å²) in [7, 11) is 0. The highest BCUT2D eigenvalue weighted by Gasteiger charge is 2.02. The van der Waals surface area contributed by atoms with E-state index in [0.717, 1.165) is 16.9 Å². The minimum absolute atomic E-state index is 0.0433. The maximum atomic E-state index is 5.62. The van der Waals surface area contributed by atoms with Crippen molar-refractivity contribution < 1.29 is 4.74 Å². The van der Waals surface area contributed by atoms with E-state index in [0.29, 0.717) is 6.54 Å². The minimum Gasteiger partial charge on any atom is -0.489 e. The van der Waals surface area contributed by atoms with E-state index in [2.05, 4.69) is 4.98 Å². The highest BCUT2D eigenvalue weighted by molar-refractivity contribution is 5.63. The highest BCUT2D eigenvalue weighted by atomic mass is 16.5. The van der Waals surface area contributed by atoms with Gasteiger partial charge in [-0.25, -0.2) is 0 Å². The van der Waals surface area contributed by atoms with Crippen LogP contribution in [0.15, 0.2) is 48.8 Å². The molecule has 0 saturated carbocycles. The monoisotopic (exact) mass is 228 g/mol. The molecule has 3 nitrogen and oxygen atoms in total. The first-order valence-corrected chi connectivity index (χ1v) is 5.67. The number of ether oxygens (including phenoxy) is 1. The van der Waals surface area contributed by atoms with Crippen LogP contribution in [0.2, 0.25) is 0 Å². The summed E-state index contributed by atoms with van der Waals surface area (Å²) >= 11 is 0. The van der Waals surface area contributed by atoms with Gasteiger partial charge in [0.15, 0.2) is 0 Å². The summed E-state index contributed by atoms with van der Waals surface area (Å²) in [4.78, 5) is 4.00. The molecule has 1 heterocycles. The van der Waals surface area contributed by atoms with E-state index in [1.807, 2.05) is 43.3 Å². The van der Waals surface area contributed by atoms with Crippen molar-refractivity contribution in [1.82, 2.24) is 4.98 Å². The summed E-state index contributed by atoms with van der Waals surface area (Å²) < 4.78 is 5.62. The fraction of sp³-hybridized carbons (Fsp3) is 0.214. The molecule has 1 aromatic carbocycles.